The Morgan fingerprint density at radius 1 is 1.20 bits per heavy atom. The van der Waals surface area contributed by atoms with Crippen LogP contribution >= 0.6 is 11.3 Å². The van der Waals surface area contributed by atoms with E-state index in [1.807, 2.05) is 17.5 Å². The Bertz CT molecular complexity index is 458. The molecule has 1 aromatic heterocycles. The molecule has 0 spiro atoms. The molecule has 0 aliphatic rings. The number of amides is 2. The minimum absolute atomic E-state index is 0.398. The molecule has 0 fully saturated rings. The van der Waals surface area contributed by atoms with Gasteiger partial charge < -0.3 is 20.0 Å². The van der Waals surface area contributed by atoms with Crippen molar-refractivity contribution in [2.75, 3.05) is 26.7 Å². The molecule has 2 N–H and O–H groups in total. The van der Waals surface area contributed by atoms with E-state index < -0.39 is 31.1 Å². The molecule has 0 saturated heterocycles. The number of thiophene rings is 1. The molecule has 0 aliphatic heterocycles. The van der Waals surface area contributed by atoms with Gasteiger partial charge in [0.1, 0.15) is 13.1 Å². The number of rotatable bonds is 7. The number of carboxylic acid groups (broad SMARTS) is 2. The van der Waals surface area contributed by atoms with Crippen LogP contribution in [0.25, 0.3) is 0 Å². The van der Waals surface area contributed by atoms with Crippen molar-refractivity contribution in [3.05, 3.63) is 22.4 Å². The molecule has 8 heteroatoms. The van der Waals surface area contributed by atoms with E-state index in [-0.39, 0.29) is 0 Å². The summed E-state index contributed by atoms with van der Waals surface area (Å²) in [6.07, 6.45) is 0.647. The van der Waals surface area contributed by atoms with Gasteiger partial charge in [-0.1, -0.05) is 6.07 Å². The molecule has 0 aromatic carbocycles. The lowest BCUT2D eigenvalue weighted by atomic mass is 10.3. The number of hydrogen-bond acceptors (Lipinski definition) is 4. The smallest absolute Gasteiger partial charge is 0.323 e. The van der Waals surface area contributed by atoms with Gasteiger partial charge in [-0.3, -0.25) is 9.59 Å². The zero-order valence-electron chi connectivity index (χ0n) is 11.0. The van der Waals surface area contributed by atoms with E-state index in [2.05, 4.69) is 0 Å². The van der Waals surface area contributed by atoms with Crippen LogP contribution in [-0.4, -0.2) is 64.7 Å². The average Bonchev–Trinajstić information content (AvgIpc) is 2.86. The first-order chi connectivity index (χ1) is 9.40. The lowest BCUT2D eigenvalue weighted by Crippen LogP contribution is -2.46. The van der Waals surface area contributed by atoms with Gasteiger partial charge in [0.05, 0.1) is 0 Å². The Hall–Kier alpha value is -2.09. The van der Waals surface area contributed by atoms with E-state index >= 15 is 0 Å². The predicted octanol–water partition coefficient (Wildman–Crippen LogP) is 0.814. The quantitative estimate of drug-likeness (QED) is 0.776. The highest BCUT2D eigenvalue weighted by molar-refractivity contribution is 7.09. The number of carbonyl (C=O) groups excluding carboxylic acids is 1. The number of nitrogens with zero attached hydrogens (tertiary/aromatic N) is 2. The van der Waals surface area contributed by atoms with Gasteiger partial charge in [0, 0.05) is 18.5 Å². The van der Waals surface area contributed by atoms with Crippen LogP contribution in [0.1, 0.15) is 4.88 Å². The number of hydrogen-bond donors (Lipinski definition) is 2. The normalized spacial score (nSPS) is 10.1. The molecular weight excluding hydrogens is 284 g/mol. The van der Waals surface area contributed by atoms with Crippen molar-refractivity contribution >= 4 is 29.3 Å². The molecule has 0 unspecified atom stereocenters. The van der Waals surface area contributed by atoms with Gasteiger partial charge in [0.15, 0.2) is 0 Å². The van der Waals surface area contributed by atoms with E-state index in [1.54, 1.807) is 11.3 Å². The minimum atomic E-state index is -1.24. The molecular formula is C12H16N2O5S. The first kappa shape index (κ1) is 16.0. The number of carbonyl (C=O) groups is 3. The lowest BCUT2D eigenvalue weighted by molar-refractivity contribution is -0.140. The van der Waals surface area contributed by atoms with Crippen LogP contribution < -0.4 is 0 Å². The van der Waals surface area contributed by atoms with E-state index in [0.717, 1.165) is 9.78 Å². The highest BCUT2D eigenvalue weighted by atomic mass is 32.1. The number of aliphatic carboxylic acids is 2. The SMILES string of the molecule is CN(CCc1cccs1)C(=O)N(CC(=O)O)CC(=O)O. The van der Waals surface area contributed by atoms with Crippen molar-refractivity contribution in [1.29, 1.82) is 0 Å². The molecule has 110 valence electrons. The summed E-state index contributed by atoms with van der Waals surface area (Å²) in [6, 6.07) is 3.24. The maximum Gasteiger partial charge on any atom is 0.323 e. The molecule has 1 rings (SSSR count). The van der Waals surface area contributed by atoms with Gasteiger partial charge in [-0.05, 0) is 17.9 Å². The Morgan fingerprint density at radius 3 is 2.25 bits per heavy atom. The molecule has 1 aromatic rings. The zero-order chi connectivity index (χ0) is 15.1. The van der Waals surface area contributed by atoms with Crippen molar-refractivity contribution in [2.24, 2.45) is 0 Å². The topological polar surface area (TPSA) is 98.2 Å². The largest absolute Gasteiger partial charge is 0.480 e. The van der Waals surface area contributed by atoms with Crippen molar-refractivity contribution in [1.82, 2.24) is 9.80 Å². The number of likely N-dealkylation sites (N-methyl/N-ethyl adjacent to an activating group) is 1. The lowest BCUT2D eigenvalue weighted by Gasteiger charge is -2.25. The molecule has 20 heavy (non-hydrogen) atoms. The van der Waals surface area contributed by atoms with E-state index in [0.29, 0.717) is 13.0 Å². The van der Waals surface area contributed by atoms with Crippen molar-refractivity contribution in [2.45, 2.75) is 6.42 Å². The van der Waals surface area contributed by atoms with Gasteiger partial charge in [-0.25, -0.2) is 4.79 Å². The third-order valence-corrected chi connectivity index (χ3v) is 3.46. The molecule has 7 nitrogen and oxygen atoms in total. The van der Waals surface area contributed by atoms with Crippen LogP contribution in [0.3, 0.4) is 0 Å². The average molecular weight is 300 g/mol. The number of carboxylic acids is 2. The summed E-state index contributed by atoms with van der Waals surface area (Å²) >= 11 is 1.57. The first-order valence-electron chi connectivity index (χ1n) is 5.86. The standard InChI is InChI=1S/C12H16N2O5S/c1-13(5-4-9-3-2-6-20-9)12(19)14(7-10(15)16)8-11(17)18/h2-3,6H,4-5,7-8H2,1H3,(H,15,16)(H,17,18). The van der Waals surface area contributed by atoms with Crippen molar-refractivity contribution in [3.63, 3.8) is 0 Å². The zero-order valence-corrected chi connectivity index (χ0v) is 11.8. The van der Waals surface area contributed by atoms with Crippen LogP contribution in [0, 0.1) is 0 Å². The minimum Gasteiger partial charge on any atom is -0.480 e. The maximum atomic E-state index is 12.0. The summed E-state index contributed by atoms with van der Waals surface area (Å²) in [5, 5.41) is 19.3. The summed E-state index contributed by atoms with van der Waals surface area (Å²) in [5.74, 6) is -2.49. The summed E-state index contributed by atoms with van der Waals surface area (Å²) in [5.41, 5.74) is 0. The molecule has 0 saturated carbocycles. The van der Waals surface area contributed by atoms with Gasteiger partial charge in [0.2, 0.25) is 0 Å². The second kappa shape index (κ2) is 7.49. The van der Waals surface area contributed by atoms with Crippen molar-refractivity contribution < 1.29 is 24.6 Å². The van der Waals surface area contributed by atoms with E-state index in [4.69, 9.17) is 10.2 Å². The van der Waals surface area contributed by atoms with Crippen LogP contribution in [0.4, 0.5) is 4.79 Å². The molecule has 0 aliphatic carbocycles. The summed E-state index contributed by atoms with van der Waals surface area (Å²) in [6.45, 7) is -0.863. The first-order valence-corrected chi connectivity index (χ1v) is 6.74. The Morgan fingerprint density at radius 2 is 1.80 bits per heavy atom. The summed E-state index contributed by atoms with van der Waals surface area (Å²) in [4.78, 5) is 36.5. The molecule has 2 amide bonds. The predicted molar refractivity (Wildman–Crippen MR) is 72.9 cm³/mol. The van der Waals surface area contributed by atoms with E-state index in [9.17, 15) is 14.4 Å². The second-order valence-corrected chi connectivity index (χ2v) is 5.21. The highest BCUT2D eigenvalue weighted by Crippen LogP contribution is 2.10. The third kappa shape index (κ3) is 5.27. The summed E-state index contributed by atoms with van der Waals surface area (Å²) in [7, 11) is 1.52. The van der Waals surface area contributed by atoms with Crippen LogP contribution in [0.5, 0.6) is 0 Å². The Labute approximate surface area is 120 Å². The Balaban J connectivity index is 2.57. The monoisotopic (exact) mass is 300 g/mol. The number of urea groups is 1. The van der Waals surface area contributed by atoms with E-state index in [1.165, 1.54) is 11.9 Å². The molecule has 0 atom stereocenters. The molecule has 0 radical (unpaired) electrons. The maximum absolute atomic E-state index is 12.0. The van der Waals surface area contributed by atoms with Gasteiger partial charge in [-0.2, -0.15) is 0 Å². The van der Waals surface area contributed by atoms with Gasteiger partial charge in [-0.15, -0.1) is 11.3 Å². The van der Waals surface area contributed by atoms with Crippen LogP contribution in [0.2, 0.25) is 0 Å². The third-order valence-electron chi connectivity index (χ3n) is 2.52. The molecule has 1 heterocycles. The molecule has 0 bridgehead atoms. The van der Waals surface area contributed by atoms with Crippen LogP contribution in [-0.2, 0) is 16.0 Å². The van der Waals surface area contributed by atoms with Gasteiger partial charge in [0.25, 0.3) is 0 Å². The van der Waals surface area contributed by atoms with Crippen molar-refractivity contribution in [3.8, 4) is 0 Å². The fourth-order valence-corrected chi connectivity index (χ4v) is 2.29. The second-order valence-electron chi connectivity index (χ2n) is 4.18. The highest BCUT2D eigenvalue weighted by Gasteiger charge is 2.22. The van der Waals surface area contributed by atoms with Gasteiger partial charge >= 0.3 is 18.0 Å². The Kier molecular flexibility index (Phi) is 5.98. The summed E-state index contributed by atoms with van der Waals surface area (Å²) < 4.78 is 0. The fourth-order valence-electron chi connectivity index (χ4n) is 1.59. The van der Waals surface area contributed by atoms with Crippen LogP contribution in [0.15, 0.2) is 17.5 Å². The fraction of sp³-hybridized carbons (Fsp3) is 0.417.